The minimum absolute atomic E-state index is 0.00423. The van der Waals surface area contributed by atoms with Gasteiger partial charge in [0.05, 0.1) is 17.6 Å². The van der Waals surface area contributed by atoms with E-state index in [0.717, 1.165) is 25.2 Å². The van der Waals surface area contributed by atoms with Crippen molar-refractivity contribution in [3.63, 3.8) is 0 Å². The molecule has 0 unspecified atom stereocenters. The summed E-state index contributed by atoms with van der Waals surface area (Å²) >= 11 is 0. The smallest absolute Gasteiger partial charge is 0.258 e. The first-order chi connectivity index (χ1) is 13.8. The Balaban J connectivity index is 1.40. The van der Waals surface area contributed by atoms with Crippen molar-refractivity contribution in [1.82, 2.24) is 9.88 Å². The lowest BCUT2D eigenvalue weighted by Gasteiger charge is -2.27. The molecule has 7 heteroatoms. The lowest BCUT2D eigenvalue weighted by atomic mass is 10.1. The second kappa shape index (κ2) is 6.71. The number of hydrogen-bond donors (Lipinski definition) is 0. The summed E-state index contributed by atoms with van der Waals surface area (Å²) in [6.45, 7) is 2.49. The van der Waals surface area contributed by atoms with Crippen LogP contribution in [0.3, 0.4) is 0 Å². The molecular weight excluding hydrogens is 356 g/mol. The molecule has 0 spiro atoms. The van der Waals surface area contributed by atoms with E-state index in [0.29, 0.717) is 42.5 Å². The van der Waals surface area contributed by atoms with E-state index in [1.54, 1.807) is 6.07 Å². The summed E-state index contributed by atoms with van der Waals surface area (Å²) in [7, 11) is 0. The van der Waals surface area contributed by atoms with Crippen LogP contribution in [0, 0.1) is 11.3 Å². The van der Waals surface area contributed by atoms with Crippen LogP contribution < -0.4 is 14.4 Å². The summed E-state index contributed by atoms with van der Waals surface area (Å²) in [5.41, 5.74) is 0.987. The number of ether oxygens (including phenoxy) is 2. The van der Waals surface area contributed by atoms with Crippen molar-refractivity contribution >= 4 is 11.7 Å². The molecule has 0 bridgehead atoms. The fourth-order valence-electron chi connectivity index (χ4n) is 4.57. The van der Waals surface area contributed by atoms with Gasteiger partial charge in [-0.15, -0.1) is 0 Å². The first kappa shape index (κ1) is 16.9. The standard InChI is InChI=1S/C21H20N4O3/c22-13-14-3-1-6-19(23-14)24-9-7-17-16(24)8-10-25(17)21(26)15-4-2-5-18-20(15)28-12-11-27-18/h1-6,16-17H,7-12H2/t16-,17-/m0/s1. The molecule has 0 N–H and O–H groups in total. The van der Waals surface area contributed by atoms with Gasteiger partial charge in [0.25, 0.3) is 5.91 Å². The van der Waals surface area contributed by atoms with Crippen molar-refractivity contribution < 1.29 is 14.3 Å². The van der Waals surface area contributed by atoms with Gasteiger partial charge in [-0.2, -0.15) is 5.26 Å². The summed E-state index contributed by atoms with van der Waals surface area (Å²) in [5.74, 6) is 2.00. The van der Waals surface area contributed by atoms with Gasteiger partial charge < -0.3 is 19.3 Å². The Labute approximate surface area is 163 Å². The summed E-state index contributed by atoms with van der Waals surface area (Å²) < 4.78 is 11.4. The van der Waals surface area contributed by atoms with Gasteiger partial charge in [0.1, 0.15) is 30.8 Å². The highest BCUT2D eigenvalue weighted by molar-refractivity contribution is 5.98. The van der Waals surface area contributed by atoms with Crippen molar-refractivity contribution in [2.75, 3.05) is 31.2 Å². The minimum Gasteiger partial charge on any atom is -0.486 e. The largest absolute Gasteiger partial charge is 0.486 e. The van der Waals surface area contributed by atoms with Crippen LogP contribution in [-0.4, -0.2) is 54.2 Å². The topological polar surface area (TPSA) is 78.7 Å². The van der Waals surface area contributed by atoms with Gasteiger partial charge in [-0.25, -0.2) is 4.98 Å². The first-order valence-corrected chi connectivity index (χ1v) is 9.59. The number of para-hydroxylation sites is 1. The fraction of sp³-hybridized carbons (Fsp3) is 0.381. The van der Waals surface area contributed by atoms with Crippen LogP contribution in [0.25, 0.3) is 0 Å². The summed E-state index contributed by atoms with van der Waals surface area (Å²) in [6.07, 6.45) is 1.78. The van der Waals surface area contributed by atoms with Gasteiger partial charge in [-0.3, -0.25) is 4.79 Å². The normalized spacial score (nSPS) is 22.7. The maximum Gasteiger partial charge on any atom is 0.258 e. The number of nitrogens with zero attached hydrogens (tertiary/aromatic N) is 4. The molecule has 2 saturated heterocycles. The monoisotopic (exact) mass is 376 g/mol. The van der Waals surface area contributed by atoms with Crippen LogP contribution in [0.15, 0.2) is 36.4 Å². The number of benzene rings is 1. The Bertz CT molecular complexity index is 970. The zero-order valence-electron chi connectivity index (χ0n) is 15.4. The second-order valence-electron chi connectivity index (χ2n) is 7.23. The van der Waals surface area contributed by atoms with Crippen LogP contribution in [0.5, 0.6) is 11.5 Å². The molecule has 142 valence electrons. The number of carbonyl (C=O) groups is 1. The molecule has 0 saturated carbocycles. The van der Waals surface area contributed by atoms with Crippen molar-refractivity contribution in [2.45, 2.75) is 24.9 Å². The van der Waals surface area contributed by atoms with E-state index in [1.165, 1.54) is 0 Å². The van der Waals surface area contributed by atoms with Crippen molar-refractivity contribution in [2.24, 2.45) is 0 Å². The van der Waals surface area contributed by atoms with Gasteiger partial charge in [0.2, 0.25) is 0 Å². The lowest BCUT2D eigenvalue weighted by molar-refractivity contribution is 0.0727. The Morgan fingerprint density at radius 1 is 1.07 bits per heavy atom. The molecule has 5 rings (SSSR count). The van der Waals surface area contributed by atoms with Crippen LogP contribution in [0.1, 0.15) is 28.9 Å². The third-order valence-corrected chi connectivity index (χ3v) is 5.78. The van der Waals surface area contributed by atoms with E-state index in [9.17, 15) is 4.79 Å². The molecule has 1 aromatic heterocycles. The SMILES string of the molecule is N#Cc1cccc(N2CC[C@H]3[C@@H]2CCN3C(=O)c2cccc3c2OCCO3)n1. The number of likely N-dealkylation sites (tertiary alicyclic amines) is 1. The molecule has 1 amide bonds. The average Bonchev–Trinajstić information content (AvgIpc) is 3.35. The highest BCUT2D eigenvalue weighted by atomic mass is 16.6. The number of carbonyl (C=O) groups excluding carboxylic acids is 1. The van der Waals surface area contributed by atoms with Crippen LogP contribution in [0.4, 0.5) is 5.82 Å². The molecule has 2 atom stereocenters. The van der Waals surface area contributed by atoms with E-state index in [2.05, 4.69) is 16.0 Å². The number of pyridine rings is 1. The molecule has 2 fully saturated rings. The molecule has 4 heterocycles. The third-order valence-electron chi connectivity index (χ3n) is 5.78. The number of amides is 1. The number of hydrogen-bond acceptors (Lipinski definition) is 6. The molecule has 28 heavy (non-hydrogen) atoms. The van der Waals surface area contributed by atoms with Gasteiger partial charge in [0.15, 0.2) is 11.5 Å². The Morgan fingerprint density at radius 2 is 1.89 bits per heavy atom. The predicted octanol–water partition coefficient (Wildman–Crippen LogP) is 2.22. The number of fused-ring (bicyclic) bond motifs is 2. The number of aromatic nitrogens is 1. The molecule has 2 aromatic rings. The highest BCUT2D eigenvalue weighted by Crippen LogP contribution is 2.38. The zero-order chi connectivity index (χ0) is 19.1. The summed E-state index contributed by atoms with van der Waals surface area (Å²) in [4.78, 5) is 22.0. The Morgan fingerprint density at radius 3 is 2.79 bits per heavy atom. The van der Waals surface area contributed by atoms with E-state index < -0.39 is 0 Å². The molecule has 3 aliphatic rings. The van der Waals surface area contributed by atoms with Gasteiger partial charge in [-0.05, 0) is 37.1 Å². The average molecular weight is 376 g/mol. The number of nitriles is 1. The van der Waals surface area contributed by atoms with E-state index in [4.69, 9.17) is 14.7 Å². The quantitative estimate of drug-likeness (QED) is 0.800. The number of rotatable bonds is 2. The maximum atomic E-state index is 13.3. The zero-order valence-corrected chi connectivity index (χ0v) is 15.4. The molecule has 0 aliphatic carbocycles. The van der Waals surface area contributed by atoms with Crippen molar-refractivity contribution in [1.29, 1.82) is 5.26 Å². The predicted molar refractivity (Wildman–Crippen MR) is 102 cm³/mol. The fourth-order valence-corrected chi connectivity index (χ4v) is 4.57. The first-order valence-electron chi connectivity index (χ1n) is 9.59. The van der Waals surface area contributed by atoms with E-state index in [1.807, 2.05) is 35.2 Å². The van der Waals surface area contributed by atoms with Gasteiger partial charge in [-0.1, -0.05) is 12.1 Å². The van der Waals surface area contributed by atoms with Gasteiger partial charge in [0, 0.05) is 13.1 Å². The van der Waals surface area contributed by atoms with Gasteiger partial charge >= 0.3 is 0 Å². The lowest BCUT2D eigenvalue weighted by Crippen LogP contribution is -2.40. The van der Waals surface area contributed by atoms with Crippen LogP contribution in [-0.2, 0) is 0 Å². The van der Waals surface area contributed by atoms with E-state index >= 15 is 0 Å². The number of anilines is 1. The molecule has 0 radical (unpaired) electrons. The molecule has 1 aromatic carbocycles. The Hall–Kier alpha value is -3.27. The second-order valence-corrected chi connectivity index (χ2v) is 7.23. The third kappa shape index (κ3) is 2.64. The minimum atomic E-state index is -0.00423. The summed E-state index contributed by atoms with van der Waals surface area (Å²) in [5, 5.41) is 9.12. The van der Waals surface area contributed by atoms with E-state index in [-0.39, 0.29) is 18.0 Å². The maximum absolute atomic E-state index is 13.3. The molecular formula is C21H20N4O3. The molecule has 7 nitrogen and oxygen atoms in total. The Kier molecular flexibility index (Phi) is 4.05. The molecule has 3 aliphatic heterocycles. The van der Waals surface area contributed by atoms with Crippen LogP contribution >= 0.6 is 0 Å². The van der Waals surface area contributed by atoms with Crippen molar-refractivity contribution in [3.8, 4) is 17.6 Å². The summed E-state index contributed by atoms with van der Waals surface area (Å²) in [6, 6.07) is 13.5. The van der Waals surface area contributed by atoms with Crippen molar-refractivity contribution in [3.05, 3.63) is 47.7 Å². The highest BCUT2D eigenvalue weighted by Gasteiger charge is 2.45. The van der Waals surface area contributed by atoms with Crippen LogP contribution in [0.2, 0.25) is 0 Å².